The third-order valence-corrected chi connectivity index (χ3v) is 6.63. The van der Waals surface area contributed by atoms with E-state index in [1.54, 1.807) is 36.9 Å². The summed E-state index contributed by atoms with van der Waals surface area (Å²) >= 11 is 0. The Hall–Kier alpha value is -2.39. The molecule has 0 saturated carbocycles. The van der Waals surface area contributed by atoms with Crippen molar-refractivity contribution in [3.8, 4) is 5.75 Å². The van der Waals surface area contributed by atoms with Gasteiger partial charge >= 0.3 is 0 Å². The van der Waals surface area contributed by atoms with Crippen molar-refractivity contribution in [1.29, 1.82) is 0 Å². The maximum absolute atomic E-state index is 13.1. The second-order valence-corrected chi connectivity index (χ2v) is 8.46. The van der Waals surface area contributed by atoms with Gasteiger partial charge in [-0.2, -0.15) is 4.31 Å². The molecule has 0 N–H and O–H groups in total. The largest absolute Gasteiger partial charge is 0.495 e. The van der Waals surface area contributed by atoms with Gasteiger partial charge in [-0.05, 0) is 38.5 Å². The first kappa shape index (κ1) is 19.4. The minimum Gasteiger partial charge on any atom is -0.495 e. The summed E-state index contributed by atoms with van der Waals surface area (Å²) in [5.41, 5.74) is 1.82. The molecule has 0 atom stereocenters. The number of piperazine rings is 1. The van der Waals surface area contributed by atoms with Crippen LogP contribution in [0.5, 0.6) is 5.75 Å². The molecule has 1 saturated heterocycles. The van der Waals surface area contributed by atoms with Crippen LogP contribution >= 0.6 is 0 Å². The Balaban J connectivity index is 1.77. The summed E-state index contributed by atoms with van der Waals surface area (Å²) in [7, 11) is -2.26. The fourth-order valence-corrected chi connectivity index (χ4v) is 4.87. The van der Waals surface area contributed by atoms with E-state index < -0.39 is 10.0 Å². The number of rotatable bonds is 4. The molecule has 0 aliphatic carbocycles. The Morgan fingerprint density at radius 1 is 1.15 bits per heavy atom. The molecule has 2 aromatic rings. The predicted octanol–water partition coefficient (Wildman–Crippen LogP) is 1.76. The number of carbonyl (C=O) groups excluding carboxylic acids is 1. The van der Waals surface area contributed by atoms with Crippen LogP contribution in [0.4, 0.5) is 0 Å². The maximum Gasteiger partial charge on any atom is 0.259 e. The van der Waals surface area contributed by atoms with E-state index in [0.29, 0.717) is 35.9 Å². The van der Waals surface area contributed by atoms with Gasteiger partial charge in [-0.1, -0.05) is 11.2 Å². The SMILES string of the molecule is COc1ccc(C)cc1S(=O)(=O)N1CCN(C(=O)c2c(C)noc2C)CC1. The number of aromatic nitrogens is 1. The summed E-state index contributed by atoms with van der Waals surface area (Å²) in [6.07, 6.45) is 0. The van der Waals surface area contributed by atoms with Crippen molar-refractivity contribution in [3.05, 3.63) is 40.8 Å². The molecule has 1 aromatic heterocycles. The van der Waals surface area contributed by atoms with Gasteiger partial charge in [0, 0.05) is 26.2 Å². The highest BCUT2D eigenvalue weighted by molar-refractivity contribution is 7.89. The van der Waals surface area contributed by atoms with Gasteiger partial charge in [-0.25, -0.2) is 8.42 Å². The van der Waals surface area contributed by atoms with Crippen molar-refractivity contribution < 1.29 is 22.5 Å². The zero-order chi connectivity index (χ0) is 19.8. The normalized spacial score (nSPS) is 15.8. The van der Waals surface area contributed by atoms with Gasteiger partial charge in [0.1, 0.15) is 22.0 Å². The molecule has 1 aliphatic rings. The third kappa shape index (κ3) is 3.57. The minimum atomic E-state index is -3.71. The highest BCUT2D eigenvalue weighted by Crippen LogP contribution is 2.28. The van der Waals surface area contributed by atoms with E-state index in [2.05, 4.69) is 5.16 Å². The average molecular weight is 393 g/mol. The Morgan fingerprint density at radius 3 is 2.37 bits per heavy atom. The lowest BCUT2D eigenvalue weighted by molar-refractivity contribution is 0.0695. The lowest BCUT2D eigenvalue weighted by atomic mass is 10.1. The highest BCUT2D eigenvalue weighted by atomic mass is 32.2. The van der Waals surface area contributed by atoms with Crippen LogP contribution in [0.3, 0.4) is 0 Å². The van der Waals surface area contributed by atoms with E-state index in [-0.39, 0.29) is 23.9 Å². The van der Waals surface area contributed by atoms with Gasteiger partial charge in [0.2, 0.25) is 10.0 Å². The third-order valence-electron chi connectivity index (χ3n) is 4.71. The van der Waals surface area contributed by atoms with Crippen LogP contribution in [0.25, 0.3) is 0 Å². The van der Waals surface area contributed by atoms with E-state index >= 15 is 0 Å². The monoisotopic (exact) mass is 393 g/mol. The maximum atomic E-state index is 13.1. The van der Waals surface area contributed by atoms with Gasteiger partial charge < -0.3 is 14.2 Å². The van der Waals surface area contributed by atoms with Gasteiger partial charge in [-0.3, -0.25) is 4.79 Å². The standard InChI is InChI=1S/C18H23N3O5S/c1-12-5-6-15(25-4)16(11-12)27(23,24)21-9-7-20(8-10-21)18(22)17-13(2)19-26-14(17)3/h5-6,11H,7-10H2,1-4H3. The van der Waals surface area contributed by atoms with Crippen LogP contribution in [-0.2, 0) is 10.0 Å². The van der Waals surface area contributed by atoms with Gasteiger partial charge in [-0.15, -0.1) is 0 Å². The first-order chi connectivity index (χ1) is 12.8. The summed E-state index contributed by atoms with van der Waals surface area (Å²) in [6.45, 7) is 6.28. The number of hydrogen-bond acceptors (Lipinski definition) is 6. The molecule has 0 bridgehead atoms. The summed E-state index contributed by atoms with van der Waals surface area (Å²) in [5.74, 6) is 0.600. The molecule has 0 spiro atoms. The van der Waals surface area contributed by atoms with Crippen molar-refractivity contribution in [3.63, 3.8) is 0 Å². The van der Waals surface area contributed by atoms with E-state index in [9.17, 15) is 13.2 Å². The average Bonchev–Trinajstić information content (AvgIpc) is 2.99. The summed E-state index contributed by atoms with van der Waals surface area (Å²) in [5, 5.41) is 3.81. The molecular formula is C18H23N3O5S. The van der Waals surface area contributed by atoms with Crippen LogP contribution in [0.2, 0.25) is 0 Å². The zero-order valence-electron chi connectivity index (χ0n) is 15.9. The number of ether oxygens (including phenoxy) is 1. The first-order valence-corrected chi connectivity index (χ1v) is 10.1. The molecule has 9 heteroatoms. The van der Waals surface area contributed by atoms with E-state index in [1.165, 1.54) is 11.4 Å². The van der Waals surface area contributed by atoms with Crippen LogP contribution in [-0.4, -0.2) is 62.0 Å². The van der Waals surface area contributed by atoms with E-state index in [1.807, 2.05) is 6.92 Å². The fourth-order valence-electron chi connectivity index (χ4n) is 3.20. The number of benzene rings is 1. The lowest BCUT2D eigenvalue weighted by Gasteiger charge is -2.34. The molecule has 1 aromatic carbocycles. The number of nitrogens with zero attached hydrogens (tertiary/aromatic N) is 3. The molecule has 27 heavy (non-hydrogen) atoms. The molecule has 2 heterocycles. The zero-order valence-corrected chi connectivity index (χ0v) is 16.7. The fraction of sp³-hybridized carbons (Fsp3) is 0.444. The Morgan fingerprint density at radius 2 is 1.81 bits per heavy atom. The second kappa shape index (κ2) is 7.32. The molecular weight excluding hydrogens is 370 g/mol. The summed E-state index contributed by atoms with van der Waals surface area (Å²) < 4.78 is 37.8. The molecule has 0 radical (unpaired) electrons. The van der Waals surface area contributed by atoms with Crippen molar-refractivity contribution in [2.75, 3.05) is 33.3 Å². The molecule has 0 unspecified atom stereocenters. The Labute approximate surface area is 158 Å². The Kier molecular flexibility index (Phi) is 5.25. The van der Waals surface area contributed by atoms with Crippen LogP contribution < -0.4 is 4.74 Å². The number of sulfonamides is 1. The number of hydrogen-bond donors (Lipinski definition) is 0. The topological polar surface area (TPSA) is 93.0 Å². The van der Waals surface area contributed by atoms with Crippen molar-refractivity contribution >= 4 is 15.9 Å². The Bertz CT molecular complexity index is 940. The number of carbonyl (C=O) groups is 1. The number of aryl methyl sites for hydroxylation is 3. The molecule has 146 valence electrons. The number of methoxy groups -OCH3 is 1. The second-order valence-electron chi connectivity index (χ2n) is 6.55. The number of amides is 1. The van der Waals surface area contributed by atoms with Gasteiger partial charge in [0.25, 0.3) is 5.91 Å². The van der Waals surface area contributed by atoms with Gasteiger partial charge in [0.15, 0.2) is 0 Å². The highest BCUT2D eigenvalue weighted by Gasteiger charge is 2.33. The smallest absolute Gasteiger partial charge is 0.259 e. The molecule has 1 fully saturated rings. The minimum absolute atomic E-state index is 0.149. The van der Waals surface area contributed by atoms with Crippen LogP contribution in [0.1, 0.15) is 27.4 Å². The molecule has 8 nitrogen and oxygen atoms in total. The van der Waals surface area contributed by atoms with Crippen molar-refractivity contribution in [2.45, 2.75) is 25.7 Å². The lowest BCUT2D eigenvalue weighted by Crippen LogP contribution is -2.50. The van der Waals surface area contributed by atoms with Crippen molar-refractivity contribution in [1.82, 2.24) is 14.4 Å². The van der Waals surface area contributed by atoms with Gasteiger partial charge in [0.05, 0.1) is 12.8 Å². The summed E-state index contributed by atoms with van der Waals surface area (Å²) in [6, 6.07) is 5.06. The summed E-state index contributed by atoms with van der Waals surface area (Å²) in [4.78, 5) is 14.5. The quantitative estimate of drug-likeness (QED) is 0.786. The van der Waals surface area contributed by atoms with Crippen molar-refractivity contribution in [2.24, 2.45) is 0 Å². The van der Waals surface area contributed by atoms with E-state index in [4.69, 9.17) is 9.26 Å². The van der Waals surface area contributed by atoms with E-state index in [0.717, 1.165) is 5.56 Å². The molecule has 1 aliphatic heterocycles. The van der Waals surface area contributed by atoms with Crippen LogP contribution in [0.15, 0.2) is 27.6 Å². The first-order valence-electron chi connectivity index (χ1n) is 8.62. The predicted molar refractivity (Wildman–Crippen MR) is 98.4 cm³/mol. The molecule has 1 amide bonds. The van der Waals surface area contributed by atoms with Crippen LogP contribution in [0, 0.1) is 20.8 Å². The molecule has 3 rings (SSSR count).